The first-order valence-electron chi connectivity index (χ1n) is 11.6. The number of carbonyl (C=O) groups is 2. The Labute approximate surface area is 185 Å². The highest BCUT2D eigenvalue weighted by molar-refractivity contribution is 5.99. The third kappa shape index (κ3) is 5.66. The standard InChI is InChI=1S/C26H33N3O2/c1-29(22-7-3-2-4-8-22)23-13-10-20(11-14-23)18-27-25(30)9-5-6-19-12-15-24-21(16-19)17-26(31)28-24/h10-16,22H,2-9,17-18H2,1H3,(H,27,30)(H,28,31). The minimum Gasteiger partial charge on any atom is -0.372 e. The predicted octanol–water partition coefficient (Wildman–Crippen LogP) is 4.59. The van der Waals surface area contributed by atoms with E-state index in [0.717, 1.165) is 29.7 Å². The van der Waals surface area contributed by atoms with Crippen molar-refractivity contribution in [3.05, 3.63) is 59.2 Å². The summed E-state index contributed by atoms with van der Waals surface area (Å²) in [7, 11) is 2.20. The van der Waals surface area contributed by atoms with Gasteiger partial charge in [0.05, 0.1) is 6.42 Å². The lowest BCUT2D eigenvalue weighted by molar-refractivity contribution is -0.121. The summed E-state index contributed by atoms with van der Waals surface area (Å²) in [6.07, 6.45) is 9.23. The highest BCUT2D eigenvalue weighted by Crippen LogP contribution is 2.26. The number of nitrogens with one attached hydrogen (secondary N) is 2. The maximum atomic E-state index is 12.2. The summed E-state index contributed by atoms with van der Waals surface area (Å²) in [6.45, 7) is 0.568. The predicted molar refractivity (Wildman–Crippen MR) is 125 cm³/mol. The first-order chi connectivity index (χ1) is 15.1. The van der Waals surface area contributed by atoms with Gasteiger partial charge >= 0.3 is 0 Å². The molecule has 0 aromatic heterocycles. The number of fused-ring (bicyclic) bond motifs is 1. The molecule has 0 spiro atoms. The van der Waals surface area contributed by atoms with Crippen molar-refractivity contribution >= 4 is 23.2 Å². The molecular formula is C26H33N3O2. The average Bonchev–Trinajstić information content (AvgIpc) is 3.17. The van der Waals surface area contributed by atoms with Crippen LogP contribution < -0.4 is 15.5 Å². The number of hydrogen-bond donors (Lipinski definition) is 2. The van der Waals surface area contributed by atoms with E-state index in [1.165, 1.54) is 43.4 Å². The minimum atomic E-state index is 0.0557. The van der Waals surface area contributed by atoms with E-state index in [0.29, 0.717) is 25.4 Å². The zero-order chi connectivity index (χ0) is 21.6. The van der Waals surface area contributed by atoms with Gasteiger partial charge in [0.25, 0.3) is 0 Å². The van der Waals surface area contributed by atoms with Crippen LogP contribution >= 0.6 is 0 Å². The molecule has 0 unspecified atom stereocenters. The van der Waals surface area contributed by atoms with Crippen LogP contribution in [0.1, 0.15) is 61.6 Å². The maximum absolute atomic E-state index is 12.2. The number of nitrogens with zero attached hydrogens (tertiary/aromatic N) is 1. The van der Waals surface area contributed by atoms with E-state index < -0.39 is 0 Å². The van der Waals surface area contributed by atoms with Gasteiger partial charge in [-0.1, -0.05) is 43.5 Å². The smallest absolute Gasteiger partial charge is 0.228 e. The molecule has 1 fully saturated rings. The van der Waals surface area contributed by atoms with E-state index in [1.807, 2.05) is 12.1 Å². The highest BCUT2D eigenvalue weighted by atomic mass is 16.2. The third-order valence-corrected chi connectivity index (χ3v) is 6.62. The Kier molecular flexibility index (Phi) is 6.90. The first kappa shape index (κ1) is 21.4. The Hall–Kier alpha value is -2.82. The van der Waals surface area contributed by atoms with Gasteiger partial charge in [0, 0.05) is 37.4 Å². The van der Waals surface area contributed by atoms with Crippen LogP contribution in [0.2, 0.25) is 0 Å². The number of rotatable bonds is 8. The number of anilines is 2. The molecule has 0 atom stereocenters. The van der Waals surface area contributed by atoms with Crippen molar-refractivity contribution < 1.29 is 9.59 Å². The molecule has 1 heterocycles. The van der Waals surface area contributed by atoms with Crippen molar-refractivity contribution in [2.24, 2.45) is 0 Å². The largest absolute Gasteiger partial charge is 0.372 e. The van der Waals surface area contributed by atoms with Gasteiger partial charge in [-0.25, -0.2) is 0 Å². The highest BCUT2D eigenvalue weighted by Gasteiger charge is 2.19. The van der Waals surface area contributed by atoms with Gasteiger partial charge in [0.2, 0.25) is 11.8 Å². The second kappa shape index (κ2) is 9.99. The van der Waals surface area contributed by atoms with Crippen molar-refractivity contribution in [2.45, 2.75) is 70.4 Å². The van der Waals surface area contributed by atoms with Crippen molar-refractivity contribution in [3.8, 4) is 0 Å². The molecule has 4 rings (SSSR count). The van der Waals surface area contributed by atoms with Gasteiger partial charge in [-0.15, -0.1) is 0 Å². The van der Waals surface area contributed by atoms with Crippen LogP contribution in [-0.2, 0) is 29.0 Å². The first-order valence-corrected chi connectivity index (χ1v) is 11.6. The number of amides is 2. The molecule has 2 aromatic carbocycles. The van der Waals surface area contributed by atoms with E-state index in [-0.39, 0.29) is 11.8 Å². The Balaban J connectivity index is 1.18. The topological polar surface area (TPSA) is 61.4 Å². The lowest BCUT2D eigenvalue weighted by Gasteiger charge is -2.33. The molecule has 1 aliphatic carbocycles. The van der Waals surface area contributed by atoms with Crippen LogP contribution in [0.25, 0.3) is 0 Å². The van der Waals surface area contributed by atoms with Crippen LogP contribution in [-0.4, -0.2) is 24.9 Å². The van der Waals surface area contributed by atoms with Crippen molar-refractivity contribution in [1.82, 2.24) is 5.32 Å². The molecule has 31 heavy (non-hydrogen) atoms. The summed E-state index contributed by atoms with van der Waals surface area (Å²) in [5.41, 5.74) is 5.55. The van der Waals surface area contributed by atoms with E-state index in [2.05, 4.69) is 52.9 Å². The molecule has 5 nitrogen and oxygen atoms in total. The van der Waals surface area contributed by atoms with E-state index >= 15 is 0 Å². The molecule has 164 valence electrons. The van der Waals surface area contributed by atoms with Crippen LogP contribution in [0, 0.1) is 0 Å². The summed E-state index contributed by atoms with van der Waals surface area (Å²) in [5.74, 6) is 0.140. The molecule has 0 bridgehead atoms. The molecule has 0 radical (unpaired) electrons. The average molecular weight is 420 g/mol. The fraction of sp³-hybridized carbons (Fsp3) is 0.462. The molecule has 2 N–H and O–H groups in total. The van der Waals surface area contributed by atoms with Crippen molar-refractivity contribution in [3.63, 3.8) is 0 Å². The fourth-order valence-corrected chi connectivity index (χ4v) is 4.71. The molecule has 1 aliphatic heterocycles. The molecule has 5 heteroatoms. The van der Waals surface area contributed by atoms with Gasteiger partial charge in [0.15, 0.2) is 0 Å². The number of benzene rings is 2. The Morgan fingerprint density at radius 2 is 1.81 bits per heavy atom. The summed E-state index contributed by atoms with van der Waals surface area (Å²) in [6, 6.07) is 15.3. The Morgan fingerprint density at radius 1 is 1.06 bits per heavy atom. The summed E-state index contributed by atoms with van der Waals surface area (Å²) >= 11 is 0. The maximum Gasteiger partial charge on any atom is 0.228 e. The number of aryl methyl sites for hydroxylation is 1. The van der Waals surface area contributed by atoms with Crippen LogP contribution in [0.15, 0.2) is 42.5 Å². The van der Waals surface area contributed by atoms with Crippen molar-refractivity contribution in [1.29, 1.82) is 0 Å². The fourth-order valence-electron chi connectivity index (χ4n) is 4.71. The Morgan fingerprint density at radius 3 is 2.58 bits per heavy atom. The second-order valence-electron chi connectivity index (χ2n) is 8.92. The van der Waals surface area contributed by atoms with Crippen molar-refractivity contribution in [2.75, 3.05) is 17.3 Å². The SMILES string of the molecule is CN(c1ccc(CNC(=O)CCCc2ccc3c(c2)CC(=O)N3)cc1)C1CCCCC1. The summed E-state index contributed by atoms with van der Waals surface area (Å²) < 4.78 is 0. The molecule has 2 aliphatic rings. The lowest BCUT2D eigenvalue weighted by Crippen LogP contribution is -2.33. The van der Waals surface area contributed by atoms with Gasteiger partial charge in [-0.3, -0.25) is 9.59 Å². The normalized spacial score (nSPS) is 16.0. The zero-order valence-corrected chi connectivity index (χ0v) is 18.5. The second-order valence-corrected chi connectivity index (χ2v) is 8.92. The monoisotopic (exact) mass is 419 g/mol. The van der Waals surface area contributed by atoms with Gasteiger partial charge in [0.1, 0.15) is 0 Å². The van der Waals surface area contributed by atoms with Gasteiger partial charge < -0.3 is 15.5 Å². The third-order valence-electron chi connectivity index (χ3n) is 6.62. The van der Waals surface area contributed by atoms with Gasteiger partial charge in [-0.2, -0.15) is 0 Å². The summed E-state index contributed by atoms with van der Waals surface area (Å²) in [5, 5.41) is 5.89. The molecular weight excluding hydrogens is 386 g/mol. The Bertz CT molecular complexity index is 917. The molecule has 2 aromatic rings. The summed E-state index contributed by atoms with van der Waals surface area (Å²) in [4.78, 5) is 26.1. The van der Waals surface area contributed by atoms with Crippen LogP contribution in [0.5, 0.6) is 0 Å². The zero-order valence-electron chi connectivity index (χ0n) is 18.5. The lowest BCUT2D eigenvalue weighted by atomic mass is 9.94. The van der Waals surface area contributed by atoms with Crippen LogP contribution in [0.4, 0.5) is 11.4 Å². The molecule has 0 saturated heterocycles. The van der Waals surface area contributed by atoms with E-state index in [9.17, 15) is 9.59 Å². The van der Waals surface area contributed by atoms with E-state index in [1.54, 1.807) is 0 Å². The molecule has 2 amide bonds. The minimum absolute atomic E-state index is 0.0557. The van der Waals surface area contributed by atoms with Gasteiger partial charge in [-0.05, 0) is 60.6 Å². The molecule has 1 saturated carbocycles. The van der Waals surface area contributed by atoms with Crippen LogP contribution in [0.3, 0.4) is 0 Å². The quantitative estimate of drug-likeness (QED) is 0.658. The number of carbonyl (C=O) groups excluding carboxylic acids is 2. The number of hydrogen-bond acceptors (Lipinski definition) is 3. The van der Waals surface area contributed by atoms with E-state index in [4.69, 9.17) is 0 Å².